The van der Waals surface area contributed by atoms with Crippen molar-refractivity contribution in [3.05, 3.63) is 75.3 Å². The molecular formula is C30H32Cl2N2O3. The molecule has 194 valence electrons. The number of fused-ring (bicyclic) bond motifs is 2. The number of nitrogens with one attached hydrogen (secondary N) is 1. The Labute approximate surface area is 228 Å². The van der Waals surface area contributed by atoms with E-state index in [1.165, 1.54) is 11.1 Å². The highest BCUT2D eigenvalue weighted by molar-refractivity contribution is 6.36. The second-order valence-electron chi connectivity index (χ2n) is 10.6. The number of likely N-dealkylation sites (tertiary alicyclic amines) is 1. The Kier molecular flexibility index (Phi) is 6.52. The van der Waals surface area contributed by atoms with Gasteiger partial charge in [0, 0.05) is 49.3 Å². The maximum Gasteiger partial charge on any atom is 0.142 e. The third-order valence-electron chi connectivity index (χ3n) is 8.46. The normalized spacial score (nSPS) is 24.0. The Morgan fingerprint density at radius 2 is 1.92 bits per heavy atom. The van der Waals surface area contributed by atoms with Crippen LogP contribution in [0.15, 0.2) is 48.5 Å². The summed E-state index contributed by atoms with van der Waals surface area (Å²) >= 11 is 13.5. The van der Waals surface area contributed by atoms with Gasteiger partial charge in [0.2, 0.25) is 0 Å². The number of aliphatic hydroxyl groups is 1. The van der Waals surface area contributed by atoms with E-state index >= 15 is 0 Å². The Balaban J connectivity index is 1.24. The van der Waals surface area contributed by atoms with Crippen LogP contribution in [0, 0.1) is 11.3 Å². The largest absolute Gasteiger partial charge is 0.496 e. The van der Waals surface area contributed by atoms with E-state index in [9.17, 15) is 5.11 Å². The lowest BCUT2D eigenvalue weighted by Crippen LogP contribution is -2.26. The lowest BCUT2D eigenvalue weighted by molar-refractivity contribution is 0.183. The standard InChI is InChI=1S/C30H32Cl2N2O3/c1-33-25-8-4-7-23(29(25)32)20-5-3-6-22-21(20)9-10-26(22)37-28-12-27(36-2)18(11-24(28)31)14-34-15-19-13-30(19,16-34)17-35/h3-8,11-12,19,26,33,35H,9-10,13-17H2,1-2H3. The highest BCUT2D eigenvalue weighted by atomic mass is 35.5. The van der Waals surface area contributed by atoms with E-state index in [1.807, 2.05) is 31.3 Å². The Morgan fingerprint density at radius 1 is 1.11 bits per heavy atom. The van der Waals surface area contributed by atoms with Gasteiger partial charge in [0.25, 0.3) is 0 Å². The molecule has 6 rings (SSSR count). The molecule has 1 saturated carbocycles. The van der Waals surface area contributed by atoms with Gasteiger partial charge in [-0.05, 0) is 54.0 Å². The van der Waals surface area contributed by atoms with Crippen LogP contribution in [0.2, 0.25) is 10.0 Å². The number of hydrogen-bond acceptors (Lipinski definition) is 5. The van der Waals surface area contributed by atoms with Gasteiger partial charge >= 0.3 is 0 Å². The number of nitrogens with zero attached hydrogens (tertiary/aromatic N) is 1. The number of hydrogen-bond donors (Lipinski definition) is 2. The van der Waals surface area contributed by atoms with Crippen LogP contribution in [0.4, 0.5) is 5.69 Å². The van der Waals surface area contributed by atoms with Crippen LogP contribution in [0.1, 0.15) is 35.6 Å². The number of halogens is 2. The minimum atomic E-state index is -0.0932. The molecule has 3 atom stereocenters. The minimum absolute atomic E-state index is 0.0932. The zero-order chi connectivity index (χ0) is 25.7. The first-order valence-corrected chi connectivity index (χ1v) is 13.7. The molecule has 37 heavy (non-hydrogen) atoms. The predicted octanol–water partition coefficient (Wildman–Crippen LogP) is 6.59. The summed E-state index contributed by atoms with van der Waals surface area (Å²) in [7, 11) is 3.57. The van der Waals surface area contributed by atoms with Crippen molar-refractivity contribution < 1.29 is 14.6 Å². The molecule has 2 fully saturated rings. The first-order valence-electron chi connectivity index (χ1n) is 12.9. The maximum absolute atomic E-state index is 9.76. The van der Waals surface area contributed by atoms with Gasteiger partial charge in [0.1, 0.15) is 17.6 Å². The minimum Gasteiger partial charge on any atom is -0.496 e. The van der Waals surface area contributed by atoms with E-state index in [-0.39, 0.29) is 18.1 Å². The van der Waals surface area contributed by atoms with Crippen LogP contribution >= 0.6 is 23.2 Å². The summed E-state index contributed by atoms with van der Waals surface area (Å²) in [6.07, 6.45) is 2.83. The van der Waals surface area contributed by atoms with Crippen molar-refractivity contribution in [2.75, 3.05) is 39.2 Å². The van der Waals surface area contributed by atoms with Crippen LogP contribution in [0.25, 0.3) is 11.1 Å². The summed E-state index contributed by atoms with van der Waals surface area (Å²) < 4.78 is 12.3. The molecule has 0 spiro atoms. The van der Waals surface area contributed by atoms with Crippen molar-refractivity contribution >= 4 is 28.9 Å². The monoisotopic (exact) mass is 538 g/mol. The number of aliphatic hydroxyl groups excluding tert-OH is 1. The van der Waals surface area contributed by atoms with Crippen molar-refractivity contribution in [1.82, 2.24) is 4.90 Å². The predicted molar refractivity (Wildman–Crippen MR) is 149 cm³/mol. The van der Waals surface area contributed by atoms with Crippen LogP contribution in [-0.4, -0.2) is 43.9 Å². The fraction of sp³-hybridized carbons (Fsp3) is 0.400. The number of rotatable bonds is 8. The van der Waals surface area contributed by atoms with Gasteiger partial charge in [0.15, 0.2) is 0 Å². The second kappa shape index (κ2) is 9.70. The van der Waals surface area contributed by atoms with Gasteiger partial charge < -0.3 is 19.9 Å². The third-order valence-corrected chi connectivity index (χ3v) is 9.17. The average Bonchev–Trinajstić information content (AvgIpc) is 3.24. The van der Waals surface area contributed by atoms with Gasteiger partial charge in [0.05, 0.1) is 29.4 Å². The highest BCUT2D eigenvalue weighted by Gasteiger charge is 2.59. The van der Waals surface area contributed by atoms with Crippen LogP contribution in [0.5, 0.6) is 11.5 Å². The summed E-state index contributed by atoms with van der Waals surface area (Å²) in [5.74, 6) is 2.03. The molecule has 7 heteroatoms. The van der Waals surface area contributed by atoms with Crippen molar-refractivity contribution in [3.63, 3.8) is 0 Å². The van der Waals surface area contributed by atoms with Crippen molar-refractivity contribution in [1.29, 1.82) is 0 Å². The summed E-state index contributed by atoms with van der Waals surface area (Å²) in [6.45, 7) is 2.97. The van der Waals surface area contributed by atoms with Crippen molar-refractivity contribution in [2.24, 2.45) is 11.3 Å². The molecule has 1 heterocycles. The number of benzene rings is 3. The molecule has 0 bridgehead atoms. The summed E-state index contributed by atoms with van der Waals surface area (Å²) in [4.78, 5) is 2.39. The SMILES string of the molecule is CNc1cccc(-c2cccc3c2CCC3Oc2cc(OC)c(CN3CC4CC4(CO)C3)cc2Cl)c1Cl. The van der Waals surface area contributed by atoms with E-state index in [2.05, 4.69) is 34.5 Å². The molecule has 0 amide bonds. The number of methoxy groups -OCH3 is 1. The summed E-state index contributed by atoms with van der Waals surface area (Å²) in [5.41, 5.74) is 6.70. The van der Waals surface area contributed by atoms with Gasteiger partial charge in [-0.3, -0.25) is 4.90 Å². The van der Waals surface area contributed by atoms with E-state index in [4.69, 9.17) is 32.7 Å². The second-order valence-corrected chi connectivity index (χ2v) is 11.4. The zero-order valence-corrected chi connectivity index (χ0v) is 22.7. The Hall–Kier alpha value is -2.44. The molecule has 1 saturated heterocycles. The first kappa shape index (κ1) is 24.9. The van der Waals surface area contributed by atoms with Crippen LogP contribution in [0.3, 0.4) is 0 Å². The van der Waals surface area contributed by atoms with E-state index in [1.54, 1.807) is 7.11 Å². The quantitative estimate of drug-likeness (QED) is 0.338. The number of piperidine rings is 1. The zero-order valence-electron chi connectivity index (χ0n) is 21.2. The molecule has 0 aromatic heterocycles. The van der Waals surface area contributed by atoms with Gasteiger partial charge in [-0.1, -0.05) is 53.5 Å². The lowest BCUT2D eigenvalue weighted by Gasteiger charge is -2.23. The smallest absolute Gasteiger partial charge is 0.142 e. The molecule has 2 N–H and O–H groups in total. The van der Waals surface area contributed by atoms with Crippen LogP contribution < -0.4 is 14.8 Å². The third kappa shape index (κ3) is 4.36. The fourth-order valence-corrected chi connectivity index (χ4v) is 6.92. The molecule has 3 unspecified atom stereocenters. The van der Waals surface area contributed by atoms with Crippen molar-refractivity contribution in [3.8, 4) is 22.6 Å². The molecule has 2 aliphatic carbocycles. The van der Waals surface area contributed by atoms with E-state index in [0.717, 1.165) is 72.0 Å². The Morgan fingerprint density at radius 3 is 2.68 bits per heavy atom. The summed E-state index contributed by atoms with van der Waals surface area (Å²) in [6, 6.07) is 16.3. The van der Waals surface area contributed by atoms with Gasteiger partial charge in [-0.25, -0.2) is 0 Å². The van der Waals surface area contributed by atoms with E-state index in [0.29, 0.717) is 16.7 Å². The molecule has 1 aliphatic heterocycles. The molecular weight excluding hydrogens is 507 g/mol. The number of anilines is 1. The maximum atomic E-state index is 9.76. The Bertz CT molecular complexity index is 1340. The lowest BCUT2D eigenvalue weighted by atomic mass is 9.96. The van der Waals surface area contributed by atoms with Crippen molar-refractivity contribution in [2.45, 2.75) is 31.9 Å². The topological polar surface area (TPSA) is 54.0 Å². The molecule has 3 aromatic carbocycles. The van der Waals surface area contributed by atoms with E-state index < -0.39 is 0 Å². The highest BCUT2D eigenvalue weighted by Crippen LogP contribution is 2.57. The molecule has 3 aromatic rings. The fourth-order valence-electron chi connectivity index (χ4n) is 6.37. The first-order chi connectivity index (χ1) is 18.0. The average molecular weight is 540 g/mol. The molecule has 0 radical (unpaired) electrons. The van der Waals surface area contributed by atoms with Gasteiger partial charge in [-0.2, -0.15) is 0 Å². The molecule has 3 aliphatic rings. The number of ether oxygens (including phenoxy) is 2. The molecule has 5 nitrogen and oxygen atoms in total. The van der Waals surface area contributed by atoms with Crippen LogP contribution in [-0.2, 0) is 13.0 Å². The van der Waals surface area contributed by atoms with Gasteiger partial charge in [-0.15, -0.1) is 0 Å². The summed E-state index contributed by atoms with van der Waals surface area (Å²) in [5, 5.41) is 14.2.